The Morgan fingerprint density at radius 1 is 1.38 bits per heavy atom. The van der Waals surface area contributed by atoms with E-state index >= 15 is 0 Å². The molecule has 1 fully saturated rings. The summed E-state index contributed by atoms with van der Waals surface area (Å²) in [6.07, 6.45) is -5.59. The zero-order valence-electron chi connectivity index (χ0n) is 11.5. The van der Waals surface area contributed by atoms with Crippen molar-refractivity contribution in [2.45, 2.75) is 50.9 Å². The number of carbonyl (C=O) groups excluding carboxylic acids is 1. The van der Waals surface area contributed by atoms with Crippen molar-refractivity contribution in [2.75, 3.05) is 6.79 Å². The molecule has 1 saturated heterocycles. The van der Waals surface area contributed by atoms with E-state index in [2.05, 4.69) is 14.2 Å². The van der Waals surface area contributed by atoms with Gasteiger partial charge in [-0.2, -0.15) is 22.0 Å². The number of hydrogen-bond donors (Lipinski definition) is 1. The van der Waals surface area contributed by atoms with E-state index in [1.165, 1.54) is 6.92 Å². The van der Waals surface area contributed by atoms with E-state index < -0.39 is 42.4 Å². The Morgan fingerprint density at radius 2 is 1.90 bits per heavy atom. The predicted molar refractivity (Wildman–Crippen MR) is 56.9 cm³/mol. The van der Waals surface area contributed by atoms with E-state index in [-0.39, 0.29) is 6.42 Å². The SMILES string of the molecule is CCC(C)C(=O)OC1(C)OCOC(O)(C(F)(F)F)C1(F)F. The number of rotatable bonds is 3. The molecule has 0 radical (unpaired) electrons. The van der Waals surface area contributed by atoms with E-state index in [1.54, 1.807) is 6.92 Å². The molecular weight excluding hydrogens is 307 g/mol. The fourth-order valence-electron chi connectivity index (χ4n) is 1.53. The van der Waals surface area contributed by atoms with Gasteiger partial charge in [-0.15, -0.1) is 0 Å². The lowest BCUT2D eigenvalue weighted by Crippen LogP contribution is -2.73. The summed E-state index contributed by atoms with van der Waals surface area (Å²) in [6, 6.07) is 0. The van der Waals surface area contributed by atoms with Crippen LogP contribution in [0.25, 0.3) is 0 Å². The van der Waals surface area contributed by atoms with Crippen LogP contribution in [0.3, 0.4) is 0 Å². The Balaban J connectivity index is 3.15. The lowest BCUT2D eigenvalue weighted by Gasteiger charge is -2.48. The standard InChI is InChI=1S/C11H15F5O5/c1-4-6(2)7(17)21-8(3)9(12,13)10(18,11(14,15)16)20-5-19-8/h6,18H,4-5H2,1-3H3. The molecule has 10 heteroatoms. The topological polar surface area (TPSA) is 65.0 Å². The summed E-state index contributed by atoms with van der Waals surface area (Å²) >= 11 is 0. The third-order valence-electron chi connectivity index (χ3n) is 3.29. The summed E-state index contributed by atoms with van der Waals surface area (Å²) < 4.78 is 78.5. The van der Waals surface area contributed by atoms with Crippen LogP contribution < -0.4 is 0 Å². The minimum atomic E-state index is -5.82. The number of carbonyl (C=O) groups is 1. The highest BCUT2D eigenvalue weighted by molar-refractivity contribution is 5.72. The van der Waals surface area contributed by atoms with Crippen molar-refractivity contribution in [2.24, 2.45) is 5.92 Å². The smallest absolute Gasteiger partial charge is 0.426 e. The van der Waals surface area contributed by atoms with Crippen molar-refractivity contribution in [3.05, 3.63) is 0 Å². The van der Waals surface area contributed by atoms with Gasteiger partial charge in [-0.25, -0.2) is 0 Å². The predicted octanol–water partition coefficient (Wildman–Crippen LogP) is 2.18. The molecule has 1 aliphatic rings. The number of halogens is 5. The second kappa shape index (κ2) is 5.33. The highest BCUT2D eigenvalue weighted by Crippen LogP contribution is 2.52. The molecule has 5 nitrogen and oxygen atoms in total. The average molecular weight is 322 g/mol. The molecule has 0 spiro atoms. The van der Waals surface area contributed by atoms with Crippen LogP contribution in [0.2, 0.25) is 0 Å². The molecule has 1 N–H and O–H groups in total. The quantitative estimate of drug-likeness (QED) is 0.637. The number of alkyl halides is 5. The Hall–Kier alpha value is -1.00. The molecule has 0 aromatic carbocycles. The van der Waals surface area contributed by atoms with Crippen LogP contribution in [0.15, 0.2) is 0 Å². The minimum Gasteiger partial charge on any atom is -0.426 e. The van der Waals surface area contributed by atoms with Gasteiger partial charge in [0.05, 0.1) is 5.92 Å². The first-order valence-electron chi connectivity index (χ1n) is 6.00. The molecule has 3 atom stereocenters. The van der Waals surface area contributed by atoms with Crippen molar-refractivity contribution < 1.29 is 46.1 Å². The summed E-state index contributed by atoms with van der Waals surface area (Å²) in [5.41, 5.74) is 0. The highest BCUT2D eigenvalue weighted by Gasteiger charge is 2.81. The van der Waals surface area contributed by atoms with Crippen LogP contribution in [0.5, 0.6) is 0 Å². The third kappa shape index (κ3) is 2.71. The van der Waals surface area contributed by atoms with Crippen molar-refractivity contribution in [1.29, 1.82) is 0 Å². The Morgan fingerprint density at radius 3 is 2.33 bits per heavy atom. The van der Waals surface area contributed by atoms with Crippen molar-refractivity contribution in [3.8, 4) is 0 Å². The first-order chi connectivity index (χ1) is 9.32. The van der Waals surface area contributed by atoms with Gasteiger partial charge in [0.2, 0.25) is 0 Å². The van der Waals surface area contributed by atoms with Gasteiger partial charge in [0.1, 0.15) is 0 Å². The second-order valence-electron chi connectivity index (χ2n) is 4.80. The van der Waals surface area contributed by atoms with E-state index in [1.807, 2.05) is 0 Å². The minimum absolute atomic E-state index is 0.223. The van der Waals surface area contributed by atoms with Crippen LogP contribution in [0, 0.1) is 5.92 Å². The highest BCUT2D eigenvalue weighted by atomic mass is 19.4. The van der Waals surface area contributed by atoms with E-state index in [0.717, 1.165) is 0 Å². The van der Waals surface area contributed by atoms with Gasteiger partial charge < -0.3 is 19.3 Å². The molecule has 21 heavy (non-hydrogen) atoms. The van der Waals surface area contributed by atoms with Gasteiger partial charge in [0, 0.05) is 6.92 Å². The summed E-state index contributed by atoms with van der Waals surface area (Å²) in [5, 5.41) is 9.21. The third-order valence-corrected chi connectivity index (χ3v) is 3.29. The van der Waals surface area contributed by atoms with E-state index in [0.29, 0.717) is 6.92 Å². The summed E-state index contributed by atoms with van der Waals surface area (Å²) in [6.45, 7) is 2.02. The summed E-state index contributed by atoms with van der Waals surface area (Å²) in [7, 11) is 0. The number of hydrogen-bond acceptors (Lipinski definition) is 5. The zero-order valence-corrected chi connectivity index (χ0v) is 11.5. The van der Waals surface area contributed by atoms with E-state index in [9.17, 15) is 31.9 Å². The first kappa shape index (κ1) is 18.1. The zero-order chi connectivity index (χ0) is 16.7. The molecule has 1 rings (SSSR count). The molecule has 0 aromatic heterocycles. The first-order valence-corrected chi connectivity index (χ1v) is 6.00. The van der Waals surface area contributed by atoms with Crippen molar-refractivity contribution in [3.63, 3.8) is 0 Å². The Kier molecular flexibility index (Phi) is 4.58. The monoisotopic (exact) mass is 322 g/mol. The van der Waals surface area contributed by atoms with Gasteiger partial charge in [-0.1, -0.05) is 13.8 Å². The fourth-order valence-corrected chi connectivity index (χ4v) is 1.53. The second-order valence-corrected chi connectivity index (χ2v) is 4.80. The van der Waals surface area contributed by atoms with Crippen LogP contribution >= 0.6 is 0 Å². The molecular formula is C11H15F5O5. The van der Waals surface area contributed by atoms with Crippen LogP contribution in [-0.2, 0) is 19.0 Å². The van der Waals surface area contributed by atoms with Crippen molar-refractivity contribution in [1.82, 2.24) is 0 Å². The van der Waals surface area contributed by atoms with Gasteiger partial charge >= 0.3 is 23.9 Å². The lowest BCUT2D eigenvalue weighted by molar-refractivity contribution is -0.526. The van der Waals surface area contributed by atoms with Gasteiger partial charge in [0.25, 0.3) is 5.79 Å². The van der Waals surface area contributed by atoms with Crippen molar-refractivity contribution >= 4 is 5.97 Å². The largest absolute Gasteiger partial charge is 0.450 e. The molecule has 1 heterocycles. The fraction of sp³-hybridized carbons (Fsp3) is 0.909. The van der Waals surface area contributed by atoms with Crippen LogP contribution in [-0.4, -0.2) is 41.5 Å². The number of aliphatic hydroxyl groups is 1. The maximum atomic E-state index is 14.0. The molecule has 0 amide bonds. The molecule has 0 saturated carbocycles. The molecule has 3 unspecified atom stereocenters. The average Bonchev–Trinajstić information content (AvgIpc) is 2.34. The Bertz CT molecular complexity index is 412. The summed E-state index contributed by atoms with van der Waals surface area (Å²) in [4.78, 5) is 11.6. The molecule has 0 aromatic rings. The van der Waals surface area contributed by atoms with Gasteiger partial charge in [-0.3, -0.25) is 4.79 Å². The molecule has 124 valence electrons. The van der Waals surface area contributed by atoms with E-state index in [4.69, 9.17) is 0 Å². The molecule has 1 aliphatic heterocycles. The maximum absolute atomic E-state index is 14.0. The summed E-state index contributed by atoms with van der Waals surface area (Å²) in [5.74, 6) is -15.2. The number of esters is 1. The lowest BCUT2D eigenvalue weighted by atomic mass is 9.98. The normalized spacial score (nSPS) is 34.3. The van der Waals surface area contributed by atoms with Gasteiger partial charge in [0.15, 0.2) is 6.79 Å². The molecule has 0 bridgehead atoms. The molecule has 0 aliphatic carbocycles. The van der Waals surface area contributed by atoms with Gasteiger partial charge in [-0.05, 0) is 6.42 Å². The van der Waals surface area contributed by atoms with Crippen LogP contribution in [0.4, 0.5) is 22.0 Å². The van der Waals surface area contributed by atoms with Crippen LogP contribution in [0.1, 0.15) is 27.2 Å². The Labute approximate surface area is 117 Å². The number of ether oxygens (including phenoxy) is 3. The maximum Gasteiger partial charge on any atom is 0.450 e.